The van der Waals surface area contributed by atoms with Gasteiger partial charge in [0.15, 0.2) is 0 Å². The molecule has 0 unspecified atom stereocenters. The van der Waals surface area contributed by atoms with E-state index in [1.54, 1.807) is 0 Å². The largest absolute Gasteiger partial charge is 0.378 e. The first kappa shape index (κ1) is 13.2. The molecule has 1 heteroatoms. The van der Waals surface area contributed by atoms with Crippen LogP contribution in [0.1, 0.15) is 42.2 Å². The molecule has 0 aromatic heterocycles. The third kappa shape index (κ3) is 2.58. The predicted octanol–water partition coefficient (Wildman–Crippen LogP) is 4.80. The van der Waals surface area contributed by atoms with Gasteiger partial charge < -0.3 is 4.90 Å². The Kier molecular flexibility index (Phi) is 3.77. The van der Waals surface area contributed by atoms with E-state index in [-0.39, 0.29) is 0 Å². The van der Waals surface area contributed by atoms with Crippen molar-refractivity contribution in [1.29, 1.82) is 0 Å². The fraction of sp³-hybridized carbons (Fsp3) is 0.368. The van der Waals surface area contributed by atoms with Crippen molar-refractivity contribution in [3.63, 3.8) is 0 Å². The van der Waals surface area contributed by atoms with Crippen LogP contribution in [0.25, 0.3) is 0 Å². The first-order valence-corrected chi connectivity index (χ1v) is 7.58. The summed E-state index contributed by atoms with van der Waals surface area (Å²) >= 11 is 0. The van der Waals surface area contributed by atoms with Crippen molar-refractivity contribution in [3.8, 4) is 0 Å². The van der Waals surface area contributed by atoms with E-state index in [0.717, 1.165) is 0 Å². The maximum absolute atomic E-state index is 2.32. The summed E-state index contributed by atoms with van der Waals surface area (Å²) in [5, 5.41) is 0. The maximum Gasteiger partial charge on any atom is 0.0361 e. The zero-order chi connectivity index (χ0) is 13.9. The molecule has 0 N–H and O–H groups in total. The second-order valence-corrected chi connectivity index (χ2v) is 6.04. The molecule has 2 atom stereocenters. The van der Waals surface area contributed by atoms with E-state index in [1.807, 2.05) is 0 Å². The molecule has 20 heavy (non-hydrogen) atoms. The Morgan fingerprint density at radius 1 is 0.750 bits per heavy atom. The molecule has 1 aliphatic carbocycles. The number of rotatable bonds is 3. The summed E-state index contributed by atoms with van der Waals surface area (Å²) in [5.74, 6) is 1.38. The molecule has 1 nitrogen and oxygen atoms in total. The van der Waals surface area contributed by atoms with E-state index >= 15 is 0 Å². The van der Waals surface area contributed by atoms with Crippen LogP contribution in [0, 0.1) is 0 Å². The van der Waals surface area contributed by atoms with Gasteiger partial charge in [-0.15, -0.1) is 0 Å². The van der Waals surface area contributed by atoms with Crippen LogP contribution < -0.4 is 4.90 Å². The second-order valence-electron chi connectivity index (χ2n) is 6.04. The van der Waals surface area contributed by atoms with Crippen molar-refractivity contribution in [2.45, 2.75) is 31.1 Å². The van der Waals surface area contributed by atoms with Gasteiger partial charge in [0.25, 0.3) is 0 Å². The number of hydrogen-bond acceptors (Lipinski definition) is 1. The Bertz CT molecular complexity index is 542. The van der Waals surface area contributed by atoms with E-state index in [1.165, 1.54) is 36.1 Å². The smallest absolute Gasteiger partial charge is 0.0361 e. The molecular weight excluding hydrogens is 242 g/mol. The van der Waals surface area contributed by atoms with Crippen molar-refractivity contribution in [2.75, 3.05) is 19.0 Å². The molecule has 3 rings (SSSR count). The molecular formula is C19H23N. The minimum absolute atomic E-state index is 0.689. The van der Waals surface area contributed by atoms with Gasteiger partial charge in [0, 0.05) is 19.8 Å². The van der Waals surface area contributed by atoms with Crippen molar-refractivity contribution >= 4 is 5.69 Å². The third-order valence-corrected chi connectivity index (χ3v) is 4.58. The van der Waals surface area contributed by atoms with Crippen LogP contribution in [-0.4, -0.2) is 14.1 Å². The van der Waals surface area contributed by atoms with Gasteiger partial charge in [0.05, 0.1) is 0 Å². The summed E-state index contributed by atoms with van der Waals surface area (Å²) < 4.78 is 0. The van der Waals surface area contributed by atoms with Crippen molar-refractivity contribution in [3.05, 3.63) is 65.7 Å². The molecule has 0 aliphatic heterocycles. The zero-order valence-electron chi connectivity index (χ0n) is 12.4. The second kappa shape index (κ2) is 5.70. The van der Waals surface area contributed by atoms with Crippen LogP contribution in [-0.2, 0) is 0 Å². The summed E-state index contributed by atoms with van der Waals surface area (Å²) in [7, 11) is 4.19. The van der Waals surface area contributed by atoms with Gasteiger partial charge in [-0.05, 0) is 47.9 Å². The average Bonchev–Trinajstić information content (AvgIpc) is 2.97. The molecule has 104 valence electrons. The number of nitrogens with zero attached hydrogens (tertiary/aromatic N) is 1. The Balaban J connectivity index is 1.85. The van der Waals surface area contributed by atoms with Crippen LogP contribution in [0.15, 0.2) is 54.6 Å². The lowest BCUT2D eigenvalue weighted by Gasteiger charge is -2.21. The molecule has 2 aromatic rings. The van der Waals surface area contributed by atoms with Crippen molar-refractivity contribution in [2.24, 2.45) is 0 Å². The zero-order valence-corrected chi connectivity index (χ0v) is 12.4. The highest BCUT2D eigenvalue weighted by Gasteiger charge is 2.29. The standard InChI is InChI=1S/C19H23N/c1-20(2)17-13-11-16(12-14-17)19-10-6-9-18(19)15-7-4-3-5-8-15/h3-5,7-8,11-14,18-19H,6,9-10H2,1-2H3/t18-,19-/m1/s1. The highest BCUT2D eigenvalue weighted by atomic mass is 15.1. The number of hydrogen-bond donors (Lipinski definition) is 0. The SMILES string of the molecule is CN(C)c1ccc([C@H]2CCC[C@@H]2c2ccccc2)cc1. The quantitative estimate of drug-likeness (QED) is 0.770. The van der Waals surface area contributed by atoms with E-state index in [2.05, 4.69) is 73.6 Å². The van der Waals surface area contributed by atoms with Crippen molar-refractivity contribution < 1.29 is 0 Å². The molecule has 0 heterocycles. The predicted molar refractivity (Wildman–Crippen MR) is 86.5 cm³/mol. The first-order chi connectivity index (χ1) is 9.75. The average molecular weight is 265 g/mol. The van der Waals surface area contributed by atoms with Gasteiger partial charge in [0.1, 0.15) is 0 Å². The highest BCUT2D eigenvalue weighted by Crippen LogP contribution is 2.45. The summed E-state index contributed by atoms with van der Waals surface area (Å²) in [5.41, 5.74) is 4.29. The van der Waals surface area contributed by atoms with Gasteiger partial charge in [0.2, 0.25) is 0 Å². The molecule has 0 spiro atoms. The van der Waals surface area contributed by atoms with E-state index in [9.17, 15) is 0 Å². The van der Waals surface area contributed by atoms with Gasteiger partial charge in [-0.1, -0.05) is 48.9 Å². The highest BCUT2D eigenvalue weighted by molar-refractivity contribution is 5.47. The molecule has 0 radical (unpaired) electrons. The fourth-order valence-corrected chi connectivity index (χ4v) is 3.48. The van der Waals surface area contributed by atoms with Gasteiger partial charge in [-0.2, -0.15) is 0 Å². The molecule has 0 saturated heterocycles. The Morgan fingerprint density at radius 2 is 1.30 bits per heavy atom. The third-order valence-electron chi connectivity index (χ3n) is 4.58. The number of benzene rings is 2. The van der Waals surface area contributed by atoms with E-state index in [4.69, 9.17) is 0 Å². The van der Waals surface area contributed by atoms with Crippen LogP contribution in [0.2, 0.25) is 0 Å². The molecule has 1 aliphatic rings. The Labute approximate surface area is 122 Å². The first-order valence-electron chi connectivity index (χ1n) is 7.58. The molecule has 0 amide bonds. The lowest BCUT2D eigenvalue weighted by Crippen LogP contribution is -2.09. The molecule has 2 aromatic carbocycles. The topological polar surface area (TPSA) is 3.24 Å². The van der Waals surface area contributed by atoms with Crippen LogP contribution in [0.4, 0.5) is 5.69 Å². The summed E-state index contributed by atoms with van der Waals surface area (Å²) in [6.07, 6.45) is 3.99. The normalized spacial score (nSPS) is 21.9. The maximum atomic E-state index is 2.32. The fourth-order valence-electron chi connectivity index (χ4n) is 3.48. The van der Waals surface area contributed by atoms with Gasteiger partial charge in [-0.3, -0.25) is 0 Å². The van der Waals surface area contributed by atoms with E-state index < -0.39 is 0 Å². The molecule has 1 fully saturated rings. The lowest BCUT2D eigenvalue weighted by molar-refractivity contribution is 0.624. The van der Waals surface area contributed by atoms with E-state index in [0.29, 0.717) is 11.8 Å². The monoisotopic (exact) mass is 265 g/mol. The summed E-state index contributed by atoms with van der Waals surface area (Å²) in [4.78, 5) is 2.16. The summed E-state index contributed by atoms with van der Waals surface area (Å²) in [6.45, 7) is 0. The Hall–Kier alpha value is -1.76. The van der Waals surface area contributed by atoms with Crippen LogP contribution >= 0.6 is 0 Å². The summed E-state index contributed by atoms with van der Waals surface area (Å²) in [6, 6.07) is 20.2. The van der Waals surface area contributed by atoms with Crippen LogP contribution in [0.3, 0.4) is 0 Å². The minimum Gasteiger partial charge on any atom is -0.378 e. The minimum atomic E-state index is 0.689. The molecule has 1 saturated carbocycles. The van der Waals surface area contributed by atoms with Crippen LogP contribution in [0.5, 0.6) is 0 Å². The lowest BCUT2D eigenvalue weighted by atomic mass is 9.84. The van der Waals surface area contributed by atoms with Gasteiger partial charge in [-0.25, -0.2) is 0 Å². The van der Waals surface area contributed by atoms with Gasteiger partial charge >= 0.3 is 0 Å². The molecule has 0 bridgehead atoms. The van der Waals surface area contributed by atoms with Crippen molar-refractivity contribution in [1.82, 2.24) is 0 Å². The number of anilines is 1. The Morgan fingerprint density at radius 3 is 1.85 bits per heavy atom.